The third-order valence-electron chi connectivity index (χ3n) is 5.11. The lowest BCUT2D eigenvalue weighted by atomic mass is 9.70. The van der Waals surface area contributed by atoms with Gasteiger partial charge in [0.1, 0.15) is 5.82 Å². The van der Waals surface area contributed by atoms with Crippen molar-refractivity contribution in [1.29, 1.82) is 0 Å². The van der Waals surface area contributed by atoms with Crippen molar-refractivity contribution < 1.29 is 14.3 Å². The van der Waals surface area contributed by atoms with Crippen molar-refractivity contribution in [2.75, 3.05) is 5.32 Å². The quantitative estimate of drug-likeness (QED) is 0.319. The van der Waals surface area contributed by atoms with Crippen LogP contribution in [-0.2, 0) is 11.2 Å². The fourth-order valence-corrected chi connectivity index (χ4v) is 4.13. The molecule has 4 N–H and O–H groups in total. The second-order valence-corrected chi connectivity index (χ2v) is 8.81. The number of anilines is 2. The highest BCUT2D eigenvalue weighted by Crippen LogP contribution is 2.39. The predicted molar refractivity (Wildman–Crippen MR) is 129 cm³/mol. The van der Waals surface area contributed by atoms with Gasteiger partial charge in [0.15, 0.2) is 16.7 Å². The van der Waals surface area contributed by atoms with Crippen LogP contribution in [0.1, 0.15) is 44.7 Å². The summed E-state index contributed by atoms with van der Waals surface area (Å²) < 4.78 is 12.5. The van der Waals surface area contributed by atoms with Crippen molar-refractivity contribution in [2.24, 2.45) is 11.1 Å². The lowest BCUT2D eigenvalue weighted by molar-refractivity contribution is -0.129. The second-order valence-electron chi connectivity index (χ2n) is 7.46. The van der Waals surface area contributed by atoms with Crippen molar-refractivity contribution in [3.8, 4) is 0 Å². The van der Waals surface area contributed by atoms with E-state index in [1.807, 2.05) is 23.6 Å². The molecule has 0 aliphatic heterocycles. The lowest BCUT2D eigenvalue weighted by Gasteiger charge is -2.34. The Kier molecular flexibility index (Phi) is 9.87. The van der Waals surface area contributed by atoms with E-state index in [0.29, 0.717) is 6.42 Å². The standard InChI is InChI=1S/C16H20N4OS.C7H8ClFO/c17-14(21)16(7-2-1-3-8-16)11-12-5-4-6-13(19-12)20-15-18-9-10-22-15;1-3-4-6(10)7(9)5(2)8/h4-6,9-10H,1-3,7-8,11H2,(H2,17,21)(H,18,19,20);3-4,10H,2H2,1H3/b;4-3-,7-6-. The fourth-order valence-electron chi connectivity index (χ4n) is 3.50. The van der Waals surface area contributed by atoms with Crippen molar-refractivity contribution in [2.45, 2.75) is 45.4 Å². The molecule has 1 amide bonds. The topological polar surface area (TPSA) is 101 Å². The number of rotatable bonds is 7. The third-order valence-corrected chi connectivity index (χ3v) is 5.97. The molecule has 3 rings (SSSR count). The molecule has 0 unspecified atom stereocenters. The summed E-state index contributed by atoms with van der Waals surface area (Å²) in [4.78, 5) is 20.8. The van der Waals surface area contributed by atoms with E-state index in [2.05, 4.69) is 21.9 Å². The van der Waals surface area contributed by atoms with Crippen molar-refractivity contribution in [3.63, 3.8) is 0 Å². The summed E-state index contributed by atoms with van der Waals surface area (Å²) >= 11 is 6.66. The van der Waals surface area contributed by atoms with Crippen molar-refractivity contribution in [3.05, 3.63) is 70.8 Å². The van der Waals surface area contributed by atoms with Crippen LogP contribution in [0.5, 0.6) is 0 Å². The summed E-state index contributed by atoms with van der Waals surface area (Å²) in [6, 6.07) is 5.82. The number of aliphatic hydroxyl groups is 1. The van der Waals surface area contributed by atoms with E-state index in [9.17, 15) is 9.18 Å². The van der Waals surface area contributed by atoms with E-state index in [4.69, 9.17) is 22.4 Å². The maximum absolute atomic E-state index is 12.5. The van der Waals surface area contributed by atoms with Gasteiger partial charge in [0.2, 0.25) is 5.91 Å². The molecule has 1 aliphatic rings. The van der Waals surface area contributed by atoms with E-state index < -0.39 is 17.0 Å². The highest BCUT2D eigenvalue weighted by Gasteiger charge is 2.38. The monoisotopic (exact) mass is 478 g/mol. The van der Waals surface area contributed by atoms with Gasteiger partial charge in [-0.15, -0.1) is 11.3 Å². The van der Waals surface area contributed by atoms with Crippen LogP contribution in [0.25, 0.3) is 0 Å². The first-order chi connectivity index (χ1) is 15.3. The van der Waals surface area contributed by atoms with Gasteiger partial charge in [-0.25, -0.2) is 14.4 Å². The van der Waals surface area contributed by atoms with Gasteiger partial charge in [0.05, 0.1) is 10.4 Å². The highest BCUT2D eigenvalue weighted by molar-refractivity contribution is 7.13. The number of amides is 1. The molecule has 32 heavy (non-hydrogen) atoms. The molecule has 1 fully saturated rings. The number of nitrogens with two attached hydrogens (primary N) is 1. The number of primary amides is 1. The molecule has 1 aliphatic carbocycles. The summed E-state index contributed by atoms with van der Waals surface area (Å²) in [5, 5.41) is 14.4. The molecule has 172 valence electrons. The van der Waals surface area contributed by atoms with Crippen LogP contribution in [0.2, 0.25) is 0 Å². The molecule has 6 nitrogen and oxygen atoms in total. The first kappa shape index (κ1) is 25.5. The molecule has 1 saturated carbocycles. The van der Waals surface area contributed by atoms with Crippen LogP contribution >= 0.6 is 22.9 Å². The number of aliphatic hydroxyl groups excluding tert-OH is 1. The van der Waals surface area contributed by atoms with Crippen LogP contribution in [0.4, 0.5) is 15.3 Å². The molecular formula is C23H28ClFN4O2S. The zero-order valence-corrected chi connectivity index (χ0v) is 19.6. The largest absolute Gasteiger partial charge is 0.505 e. The molecule has 0 atom stereocenters. The van der Waals surface area contributed by atoms with E-state index in [1.165, 1.54) is 29.9 Å². The number of thiazole rings is 1. The van der Waals surface area contributed by atoms with Gasteiger partial charge < -0.3 is 16.2 Å². The molecule has 0 spiro atoms. The summed E-state index contributed by atoms with van der Waals surface area (Å²) in [5.74, 6) is -0.822. The number of aromatic nitrogens is 2. The van der Waals surface area contributed by atoms with Crippen LogP contribution in [-0.4, -0.2) is 21.0 Å². The van der Waals surface area contributed by atoms with Gasteiger partial charge in [-0.2, -0.15) is 0 Å². The first-order valence-electron chi connectivity index (χ1n) is 10.3. The van der Waals surface area contributed by atoms with E-state index in [-0.39, 0.29) is 10.9 Å². The maximum Gasteiger partial charge on any atom is 0.224 e. The SMILES string of the molecule is C=C(Cl)/C(F)=C(O)\C=C/C.NC(=O)C1(Cc2cccc(Nc3nccs3)n2)CCCCC1. The van der Waals surface area contributed by atoms with Crippen LogP contribution in [0, 0.1) is 5.41 Å². The minimum absolute atomic E-state index is 0.188. The zero-order chi connectivity index (χ0) is 23.6. The van der Waals surface area contributed by atoms with Gasteiger partial charge in [-0.1, -0.05) is 49.6 Å². The molecule has 2 heterocycles. The molecule has 0 aromatic carbocycles. The Morgan fingerprint density at radius 3 is 2.69 bits per heavy atom. The van der Waals surface area contributed by atoms with Crippen LogP contribution < -0.4 is 11.1 Å². The number of hydrogen-bond donors (Lipinski definition) is 3. The number of pyridine rings is 1. The molecule has 2 aromatic rings. The number of halogens is 2. The Hall–Kier alpha value is -2.71. The maximum atomic E-state index is 12.5. The summed E-state index contributed by atoms with van der Waals surface area (Å²) in [5.41, 5.74) is 6.19. The number of hydrogen-bond acceptors (Lipinski definition) is 6. The fraction of sp³-hybridized carbons (Fsp3) is 0.348. The average Bonchev–Trinajstić information content (AvgIpc) is 3.27. The molecule has 0 radical (unpaired) electrons. The van der Waals surface area contributed by atoms with Crippen molar-refractivity contribution >= 4 is 39.8 Å². The van der Waals surface area contributed by atoms with E-state index in [0.717, 1.165) is 42.3 Å². The minimum Gasteiger partial charge on any atom is -0.505 e. The number of nitrogens with zero attached hydrogens (tertiary/aromatic N) is 2. The van der Waals surface area contributed by atoms with Crippen LogP contribution in [0.3, 0.4) is 0 Å². The summed E-state index contributed by atoms with van der Waals surface area (Å²) in [6.45, 7) is 4.75. The Bertz CT molecular complexity index is 970. The van der Waals surface area contributed by atoms with Gasteiger partial charge in [-0.3, -0.25) is 4.79 Å². The number of carbonyl (C=O) groups excluding carboxylic acids is 1. The second kappa shape index (κ2) is 12.4. The molecule has 2 aromatic heterocycles. The Balaban J connectivity index is 0.000000309. The molecule has 9 heteroatoms. The van der Waals surface area contributed by atoms with Crippen LogP contribution in [0.15, 0.2) is 65.1 Å². The highest BCUT2D eigenvalue weighted by atomic mass is 35.5. The van der Waals surface area contributed by atoms with E-state index in [1.54, 1.807) is 13.1 Å². The van der Waals surface area contributed by atoms with Gasteiger partial charge in [0, 0.05) is 23.7 Å². The summed E-state index contributed by atoms with van der Waals surface area (Å²) in [7, 11) is 0. The third kappa shape index (κ3) is 7.46. The van der Waals surface area contributed by atoms with Gasteiger partial charge in [-0.05, 0) is 38.0 Å². The number of carbonyl (C=O) groups is 1. The molecular weight excluding hydrogens is 451 g/mol. The Labute approximate surface area is 196 Å². The van der Waals surface area contributed by atoms with E-state index >= 15 is 0 Å². The average molecular weight is 479 g/mol. The number of nitrogens with one attached hydrogen (secondary N) is 1. The van der Waals surface area contributed by atoms with Gasteiger partial charge in [0.25, 0.3) is 0 Å². The first-order valence-corrected chi connectivity index (χ1v) is 11.5. The van der Waals surface area contributed by atoms with Gasteiger partial charge >= 0.3 is 0 Å². The smallest absolute Gasteiger partial charge is 0.224 e. The lowest BCUT2D eigenvalue weighted by Crippen LogP contribution is -2.40. The minimum atomic E-state index is -0.889. The Morgan fingerprint density at radius 2 is 2.12 bits per heavy atom. The number of allylic oxidation sites excluding steroid dienone is 4. The molecule has 0 saturated heterocycles. The Morgan fingerprint density at radius 1 is 1.41 bits per heavy atom. The normalized spacial score (nSPS) is 16.0. The zero-order valence-electron chi connectivity index (χ0n) is 18.0. The predicted octanol–water partition coefficient (Wildman–Crippen LogP) is 6.31. The molecule has 0 bridgehead atoms. The summed E-state index contributed by atoms with van der Waals surface area (Å²) in [6.07, 6.45) is 10.1. The van der Waals surface area contributed by atoms with Crippen molar-refractivity contribution in [1.82, 2.24) is 9.97 Å².